The number of amides is 4. The minimum Gasteiger partial charge on any atom is -0.480 e. The predicted molar refractivity (Wildman–Crippen MR) is 134 cm³/mol. The van der Waals surface area contributed by atoms with Gasteiger partial charge in [-0.25, -0.2) is 4.79 Å². The van der Waals surface area contributed by atoms with Gasteiger partial charge in [0, 0.05) is 12.8 Å². The van der Waals surface area contributed by atoms with Crippen molar-refractivity contribution in [1.82, 2.24) is 16.0 Å². The Bertz CT molecular complexity index is 905. The number of carbonyl (C=O) groups excluding carboxylic acids is 4. The SMILES string of the molecule is CC(C)CC(NC(=O)C(Cc1ccccc1)NC(=O)C(N)C(C)C)C(=O)NC(CCC(N)=O)C(=O)O. The Hall–Kier alpha value is -3.47. The summed E-state index contributed by atoms with van der Waals surface area (Å²) in [4.78, 5) is 61.5. The molecule has 4 unspecified atom stereocenters. The van der Waals surface area contributed by atoms with Crippen LogP contribution in [0.4, 0.5) is 0 Å². The summed E-state index contributed by atoms with van der Waals surface area (Å²) in [5.74, 6) is -4.00. The van der Waals surface area contributed by atoms with E-state index in [9.17, 15) is 29.1 Å². The van der Waals surface area contributed by atoms with Crippen molar-refractivity contribution in [3.8, 4) is 0 Å². The second-order valence-corrected chi connectivity index (χ2v) is 9.62. The smallest absolute Gasteiger partial charge is 0.326 e. The van der Waals surface area contributed by atoms with Crippen LogP contribution in [-0.4, -0.2) is 58.9 Å². The van der Waals surface area contributed by atoms with Gasteiger partial charge < -0.3 is 32.5 Å². The van der Waals surface area contributed by atoms with Crippen LogP contribution in [0.25, 0.3) is 0 Å². The number of primary amides is 1. The number of nitrogens with one attached hydrogen (secondary N) is 3. The largest absolute Gasteiger partial charge is 0.480 e. The third-order valence-electron chi connectivity index (χ3n) is 5.57. The molecule has 0 radical (unpaired) electrons. The fourth-order valence-corrected chi connectivity index (χ4v) is 3.42. The van der Waals surface area contributed by atoms with Crippen molar-refractivity contribution in [1.29, 1.82) is 0 Å². The van der Waals surface area contributed by atoms with Crippen LogP contribution in [0.2, 0.25) is 0 Å². The molecule has 0 bridgehead atoms. The van der Waals surface area contributed by atoms with Gasteiger partial charge in [-0.3, -0.25) is 19.2 Å². The molecule has 0 fully saturated rings. The molecule has 36 heavy (non-hydrogen) atoms. The lowest BCUT2D eigenvalue weighted by Gasteiger charge is -2.26. The van der Waals surface area contributed by atoms with E-state index in [4.69, 9.17) is 11.5 Å². The molecule has 4 atom stereocenters. The van der Waals surface area contributed by atoms with Crippen molar-refractivity contribution in [3.05, 3.63) is 35.9 Å². The molecule has 11 nitrogen and oxygen atoms in total. The van der Waals surface area contributed by atoms with Gasteiger partial charge in [0.2, 0.25) is 23.6 Å². The minimum absolute atomic E-state index is 0.0218. The van der Waals surface area contributed by atoms with Gasteiger partial charge in [0.05, 0.1) is 6.04 Å². The van der Waals surface area contributed by atoms with Crippen LogP contribution in [0.1, 0.15) is 52.5 Å². The van der Waals surface area contributed by atoms with Gasteiger partial charge in [-0.15, -0.1) is 0 Å². The van der Waals surface area contributed by atoms with Crippen LogP contribution >= 0.6 is 0 Å². The molecule has 0 heterocycles. The average molecular weight is 506 g/mol. The van der Waals surface area contributed by atoms with E-state index in [1.54, 1.807) is 26.0 Å². The summed E-state index contributed by atoms with van der Waals surface area (Å²) in [6.45, 7) is 7.27. The maximum absolute atomic E-state index is 13.3. The first-order valence-corrected chi connectivity index (χ1v) is 12.0. The second kappa shape index (κ2) is 14.8. The summed E-state index contributed by atoms with van der Waals surface area (Å²) in [5.41, 5.74) is 11.8. The Morgan fingerprint density at radius 1 is 0.833 bits per heavy atom. The molecule has 0 aliphatic carbocycles. The Labute approximate surface area is 211 Å². The first kappa shape index (κ1) is 30.6. The Balaban J connectivity index is 3.09. The number of hydrogen-bond donors (Lipinski definition) is 6. The van der Waals surface area contributed by atoms with Gasteiger partial charge in [-0.2, -0.15) is 0 Å². The number of nitrogens with two attached hydrogens (primary N) is 2. The maximum Gasteiger partial charge on any atom is 0.326 e. The number of benzene rings is 1. The van der Waals surface area contributed by atoms with Gasteiger partial charge in [0.25, 0.3) is 0 Å². The molecule has 4 amide bonds. The van der Waals surface area contributed by atoms with Gasteiger partial charge >= 0.3 is 5.97 Å². The number of aliphatic carboxylic acids is 1. The lowest BCUT2D eigenvalue weighted by molar-refractivity contribution is -0.142. The third kappa shape index (κ3) is 10.9. The summed E-state index contributed by atoms with van der Waals surface area (Å²) in [6, 6.07) is 4.79. The van der Waals surface area contributed by atoms with Crippen molar-refractivity contribution in [2.24, 2.45) is 23.3 Å². The van der Waals surface area contributed by atoms with Crippen LogP contribution in [0.15, 0.2) is 30.3 Å². The van der Waals surface area contributed by atoms with Crippen LogP contribution in [-0.2, 0) is 30.4 Å². The molecule has 0 aliphatic heterocycles. The Morgan fingerprint density at radius 3 is 1.86 bits per heavy atom. The third-order valence-corrected chi connectivity index (χ3v) is 5.57. The van der Waals surface area contributed by atoms with E-state index in [2.05, 4.69) is 16.0 Å². The lowest BCUT2D eigenvalue weighted by Crippen LogP contribution is -2.58. The van der Waals surface area contributed by atoms with Crippen LogP contribution in [0.3, 0.4) is 0 Å². The molecule has 200 valence electrons. The van der Waals surface area contributed by atoms with E-state index in [-0.39, 0.29) is 37.5 Å². The molecular weight excluding hydrogens is 466 g/mol. The molecule has 8 N–H and O–H groups in total. The molecule has 1 aromatic rings. The van der Waals surface area contributed by atoms with Crippen molar-refractivity contribution in [2.75, 3.05) is 0 Å². The normalized spacial score (nSPS) is 14.4. The standard InChI is InChI=1S/C25H39N5O6/c1-14(2)12-18(22(32)28-17(25(35)36)10-11-20(26)31)29-23(33)19(13-16-8-6-5-7-9-16)30-24(34)21(27)15(3)4/h5-9,14-15,17-19,21H,10-13,27H2,1-4H3,(H2,26,31)(H,28,32)(H,29,33)(H,30,34)(H,35,36). The monoisotopic (exact) mass is 505 g/mol. The van der Waals surface area contributed by atoms with Gasteiger partial charge in [0.1, 0.15) is 18.1 Å². The zero-order chi connectivity index (χ0) is 27.4. The van der Waals surface area contributed by atoms with Crippen molar-refractivity contribution >= 4 is 29.6 Å². The van der Waals surface area contributed by atoms with E-state index in [0.717, 1.165) is 5.56 Å². The summed E-state index contributed by atoms with van der Waals surface area (Å²) >= 11 is 0. The summed E-state index contributed by atoms with van der Waals surface area (Å²) in [5, 5.41) is 17.1. The van der Waals surface area contributed by atoms with Crippen LogP contribution < -0.4 is 27.4 Å². The zero-order valence-corrected chi connectivity index (χ0v) is 21.3. The first-order chi connectivity index (χ1) is 16.8. The van der Waals surface area contributed by atoms with Crippen LogP contribution in [0, 0.1) is 11.8 Å². The number of hydrogen-bond acceptors (Lipinski definition) is 6. The maximum atomic E-state index is 13.3. The predicted octanol–water partition coefficient (Wildman–Crippen LogP) is 0.0630. The van der Waals surface area contributed by atoms with Gasteiger partial charge in [0.15, 0.2) is 0 Å². The minimum atomic E-state index is -1.35. The average Bonchev–Trinajstić information content (AvgIpc) is 2.79. The van der Waals surface area contributed by atoms with E-state index in [1.807, 2.05) is 32.0 Å². The molecule has 0 aliphatic rings. The highest BCUT2D eigenvalue weighted by molar-refractivity contribution is 5.94. The molecule has 1 rings (SSSR count). The van der Waals surface area contributed by atoms with E-state index >= 15 is 0 Å². The summed E-state index contributed by atoms with van der Waals surface area (Å²) in [7, 11) is 0. The molecular formula is C25H39N5O6. The van der Waals surface area contributed by atoms with E-state index < -0.39 is 53.8 Å². The molecule has 1 aromatic carbocycles. The fourth-order valence-electron chi connectivity index (χ4n) is 3.42. The fraction of sp³-hybridized carbons (Fsp3) is 0.560. The topological polar surface area (TPSA) is 194 Å². The highest BCUT2D eigenvalue weighted by Crippen LogP contribution is 2.10. The summed E-state index contributed by atoms with van der Waals surface area (Å²) < 4.78 is 0. The van der Waals surface area contributed by atoms with Gasteiger partial charge in [-0.1, -0.05) is 58.0 Å². The van der Waals surface area contributed by atoms with Crippen LogP contribution in [0.5, 0.6) is 0 Å². The second-order valence-electron chi connectivity index (χ2n) is 9.62. The highest BCUT2D eigenvalue weighted by atomic mass is 16.4. The quantitative estimate of drug-likeness (QED) is 0.194. The summed E-state index contributed by atoms with van der Waals surface area (Å²) in [6.07, 6.45) is -0.0227. The molecule has 11 heteroatoms. The van der Waals surface area contributed by atoms with Crippen molar-refractivity contribution in [3.63, 3.8) is 0 Å². The lowest BCUT2D eigenvalue weighted by atomic mass is 9.99. The van der Waals surface area contributed by atoms with Crippen molar-refractivity contribution in [2.45, 2.75) is 77.5 Å². The van der Waals surface area contributed by atoms with E-state index in [1.165, 1.54) is 0 Å². The Kier molecular flexibility index (Phi) is 12.6. The van der Waals surface area contributed by atoms with Crippen molar-refractivity contribution < 1.29 is 29.1 Å². The van der Waals surface area contributed by atoms with Gasteiger partial charge in [-0.05, 0) is 30.2 Å². The number of carboxylic acids is 1. The molecule has 0 spiro atoms. The molecule has 0 saturated heterocycles. The Morgan fingerprint density at radius 2 is 1.36 bits per heavy atom. The number of rotatable bonds is 15. The first-order valence-electron chi connectivity index (χ1n) is 12.0. The van der Waals surface area contributed by atoms with E-state index in [0.29, 0.717) is 0 Å². The molecule has 0 saturated carbocycles. The molecule has 0 aromatic heterocycles. The highest BCUT2D eigenvalue weighted by Gasteiger charge is 2.31. The number of carboxylic acid groups (broad SMARTS) is 1. The number of carbonyl (C=O) groups is 5. The zero-order valence-electron chi connectivity index (χ0n) is 21.3.